The molecule has 1 aliphatic carbocycles. The molecule has 0 bridgehead atoms. The topological polar surface area (TPSA) is 53.5 Å². The number of pyridine rings is 1. The molecule has 0 aromatic carbocycles. The van der Waals surface area contributed by atoms with Crippen molar-refractivity contribution < 1.29 is 9.59 Å². The van der Waals surface area contributed by atoms with Gasteiger partial charge in [-0.2, -0.15) is 0 Å². The molecule has 1 aromatic rings. The maximum Gasteiger partial charge on any atom is 0.255 e. The summed E-state index contributed by atoms with van der Waals surface area (Å²) in [5.74, 6) is 1.04. The van der Waals surface area contributed by atoms with Gasteiger partial charge in [0.25, 0.3) is 5.91 Å². The van der Waals surface area contributed by atoms with Crippen LogP contribution in [-0.2, 0) is 4.79 Å². The number of nitrogens with zero attached hydrogens (tertiary/aromatic N) is 3. The molecule has 2 amide bonds. The summed E-state index contributed by atoms with van der Waals surface area (Å²) >= 11 is 0. The van der Waals surface area contributed by atoms with Crippen molar-refractivity contribution in [3.8, 4) is 0 Å². The van der Waals surface area contributed by atoms with Crippen LogP contribution in [-0.4, -0.2) is 51.8 Å². The normalized spacial score (nSPS) is 27.3. The molecule has 0 spiro atoms. The van der Waals surface area contributed by atoms with E-state index in [4.69, 9.17) is 0 Å². The molecule has 2 saturated heterocycles. The highest BCUT2D eigenvalue weighted by Gasteiger charge is 2.46. The minimum atomic E-state index is 0.0643. The summed E-state index contributed by atoms with van der Waals surface area (Å²) in [5, 5.41) is 0. The van der Waals surface area contributed by atoms with Crippen LogP contribution in [0.15, 0.2) is 18.5 Å². The second kappa shape index (κ2) is 5.62. The molecule has 1 aromatic heterocycles. The van der Waals surface area contributed by atoms with Crippen molar-refractivity contribution in [3.63, 3.8) is 0 Å². The van der Waals surface area contributed by atoms with E-state index in [0.29, 0.717) is 17.9 Å². The summed E-state index contributed by atoms with van der Waals surface area (Å²) in [6, 6.07) is 2.30. The largest absolute Gasteiger partial charge is 0.337 e. The fraction of sp³-hybridized carbons (Fsp3) is 0.611. The molecule has 0 radical (unpaired) electrons. The van der Waals surface area contributed by atoms with Crippen LogP contribution in [0.3, 0.4) is 0 Å². The molecule has 1 saturated carbocycles. The van der Waals surface area contributed by atoms with E-state index in [0.717, 1.165) is 31.5 Å². The van der Waals surface area contributed by atoms with Gasteiger partial charge in [0.1, 0.15) is 0 Å². The Bertz CT molecular complexity index is 641. The number of carbonyl (C=O) groups is 2. The average Bonchev–Trinajstić information content (AvgIpc) is 3.26. The Morgan fingerprint density at radius 3 is 2.78 bits per heavy atom. The van der Waals surface area contributed by atoms with Gasteiger partial charge in [-0.3, -0.25) is 14.6 Å². The summed E-state index contributed by atoms with van der Waals surface area (Å²) in [6.45, 7) is 3.60. The highest BCUT2D eigenvalue weighted by molar-refractivity contribution is 5.94. The maximum absolute atomic E-state index is 12.9. The zero-order chi connectivity index (χ0) is 16.0. The molecule has 3 fully saturated rings. The SMILES string of the molecule is Cc1cncc(C(=O)N2CC[C@@H]3[C@H]2CCC(=O)N3CC2CC2)c1. The van der Waals surface area contributed by atoms with E-state index in [1.54, 1.807) is 12.4 Å². The first-order valence-electron chi connectivity index (χ1n) is 8.65. The number of hydrogen-bond acceptors (Lipinski definition) is 3. The van der Waals surface area contributed by atoms with Gasteiger partial charge >= 0.3 is 0 Å². The average molecular weight is 313 g/mol. The fourth-order valence-electron chi connectivity index (χ4n) is 4.05. The van der Waals surface area contributed by atoms with Gasteiger partial charge in [-0.1, -0.05) is 0 Å². The van der Waals surface area contributed by atoms with E-state index in [-0.39, 0.29) is 23.9 Å². The summed E-state index contributed by atoms with van der Waals surface area (Å²) in [4.78, 5) is 33.4. The van der Waals surface area contributed by atoms with Gasteiger partial charge in [-0.25, -0.2) is 0 Å². The van der Waals surface area contributed by atoms with Crippen LogP contribution in [0, 0.1) is 12.8 Å². The Labute approximate surface area is 136 Å². The molecule has 0 unspecified atom stereocenters. The number of carbonyl (C=O) groups excluding carboxylic acids is 2. The number of aromatic nitrogens is 1. The van der Waals surface area contributed by atoms with Crippen LogP contribution in [0.4, 0.5) is 0 Å². The second-order valence-corrected chi connectivity index (χ2v) is 7.20. The van der Waals surface area contributed by atoms with Crippen LogP contribution in [0.2, 0.25) is 0 Å². The maximum atomic E-state index is 12.9. The number of hydrogen-bond donors (Lipinski definition) is 0. The minimum Gasteiger partial charge on any atom is -0.337 e. The lowest BCUT2D eigenvalue weighted by molar-refractivity contribution is -0.137. The van der Waals surface area contributed by atoms with E-state index in [2.05, 4.69) is 9.88 Å². The summed E-state index contributed by atoms with van der Waals surface area (Å²) in [5.41, 5.74) is 1.66. The van der Waals surface area contributed by atoms with Crippen LogP contribution in [0.5, 0.6) is 0 Å². The van der Waals surface area contributed by atoms with Gasteiger partial charge in [-0.05, 0) is 50.2 Å². The summed E-state index contributed by atoms with van der Waals surface area (Å²) < 4.78 is 0. The zero-order valence-corrected chi connectivity index (χ0v) is 13.6. The predicted octanol–water partition coefficient (Wildman–Crippen LogP) is 2.01. The molecule has 4 rings (SSSR count). The first kappa shape index (κ1) is 14.7. The minimum absolute atomic E-state index is 0.0643. The molecule has 0 N–H and O–H groups in total. The Morgan fingerprint density at radius 1 is 1.22 bits per heavy atom. The van der Waals surface area contributed by atoms with Crippen molar-refractivity contribution in [1.29, 1.82) is 0 Å². The molecule has 2 atom stereocenters. The molecular formula is C18H23N3O2. The molecule has 23 heavy (non-hydrogen) atoms. The van der Waals surface area contributed by atoms with Crippen molar-refractivity contribution in [1.82, 2.24) is 14.8 Å². The molecule has 122 valence electrons. The third-order valence-corrected chi connectivity index (χ3v) is 5.42. The quantitative estimate of drug-likeness (QED) is 0.858. The monoisotopic (exact) mass is 313 g/mol. The zero-order valence-electron chi connectivity index (χ0n) is 13.6. The van der Waals surface area contributed by atoms with E-state index >= 15 is 0 Å². The number of fused-ring (bicyclic) bond motifs is 1. The third-order valence-electron chi connectivity index (χ3n) is 5.42. The molecule has 5 nitrogen and oxygen atoms in total. The molecule has 3 heterocycles. The van der Waals surface area contributed by atoms with Crippen molar-refractivity contribution in [2.45, 2.75) is 51.1 Å². The summed E-state index contributed by atoms with van der Waals surface area (Å²) in [7, 11) is 0. The van der Waals surface area contributed by atoms with Gasteiger partial charge in [0.2, 0.25) is 5.91 Å². The highest BCUT2D eigenvalue weighted by Crippen LogP contribution is 2.37. The molecule has 2 aliphatic heterocycles. The number of rotatable bonds is 3. The van der Waals surface area contributed by atoms with E-state index in [9.17, 15) is 9.59 Å². The van der Waals surface area contributed by atoms with Gasteiger partial charge in [0.15, 0.2) is 0 Å². The number of likely N-dealkylation sites (tertiary alicyclic amines) is 2. The predicted molar refractivity (Wildman–Crippen MR) is 85.9 cm³/mol. The summed E-state index contributed by atoms with van der Waals surface area (Å²) in [6.07, 6.45) is 8.20. The Hall–Kier alpha value is -1.91. The Balaban J connectivity index is 1.53. The third kappa shape index (κ3) is 2.73. The number of aryl methyl sites for hydroxylation is 1. The Morgan fingerprint density at radius 2 is 2.04 bits per heavy atom. The van der Waals surface area contributed by atoms with E-state index in [1.807, 2.05) is 17.9 Å². The van der Waals surface area contributed by atoms with Gasteiger partial charge in [0.05, 0.1) is 17.6 Å². The van der Waals surface area contributed by atoms with Gasteiger partial charge in [0, 0.05) is 31.9 Å². The number of amides is 2. The number of piperidine rings is 1. The lowest BCUT2D eigenvalue weighted by Crippen LogP contribution is -2.53. The van der Waals surface area contributed by atoms with Crippen molar-refractivity contribution in [2.24, 2.45) is 5.92 Å². The van der Waals surface area contributed by atoms with Crippen LogP contribution in [0.25, 0.3) is 0 Å². The molecule has 3 aliphatic rings. The van der Waals surface area contributed by atoms with E-state index < -0.39 is 0 Å². The van der Waals surface area contributed by atoms with Crippen LogP contribution >= 0.6 is 0 Å². The second-order valence-electron chi connectivity index (χ2n) is 7.20. The van der Waals surface area contributed by atoms with Crippen molar-refractivity contribution >= 4 is 11.8 Å². The molecule has 5 heteroatoms. The van der Waals surface area contributed by atoms with E-state index in [1.165, 1.54) is 12.8 Å². The van der Waals surface area contributed by atoms with Crippen molar-refractivity contribution in [2.75, 3.05) is 13.1 Å². The molecular weight excluding hydrogens is 290 g/mol. The lowest BCUT2D eigenvalue weighted by atomic mass is 9.95. The standard InChI is InChI=1S/C18H23N3O2/c1-12-8-14(10-19-9-12)18(23)20-7-6-16-15(20)4-5-17(22)21(16)11-13-2-3-13/h8-10,13,15-16H,2-7,11H2,1H3/t15-,16-/m1/s1. The van der Waals surface area contributed by atoms with Gasteiger partial charge < -0.3 is 9.80 Å². The smallest absolute Gasteiger partial charge is 0.255 e. The van der Waals surface area contributed by atoms with Crippen LogP contribution < -0.4 is 0 Å². The Kier molecular flexibility index (Phi) is 3.58. The highest BCUT2D eigenvalue weighted by atomic mass is 16.2. The van der Waals surface area contributed by atoms with Crippen LogP contribution in [0.1, 0.15) is 48.0 Å². The lowest BCUT2D eigenvalue weighted by Gasteiger charge is -2.40. The van der Waals surface area contributed by atoms with Crippen molar-refractivity contribution in [3.05, 3.63) is 29.6 Å². The fourth-order valence-corrected chi connectivity index (χ4v) is 4.05. The van der Waals surface area contributed by atoms with Gasteiger partial charge in [-0.15, -0.1) is 0 Å². The first-order chi connectivity index (χ1) is 11.1. The first-order valence-corrected chi connectivity index (χ1v) is 8.65.